The number of ether oxygens (including phenoxy) is 1. The fourth-order valence-corrected chi connectivity index (χ4v) is 2.93. The molecule has 0 saturated heterocycles. The number of benzene rings is 2. The van der Waals surface area contributed by atoms with Gasteiger partial charge in [-0.2, -0.15) is 0 Å². The number of halogens is 1. The maximum absolute atomic E-state index is 12.1. The molecule has 22 heavy (non-hydrogen) atoms. The Hall–Kier alpha value is -1.70. The molecular weight excluding hydrogens is 370 g/mol. The molecule has 0 atom stereocenters. The molecule has 0 aliphatic carbocycles. The molecule has 0 radical (unpaired) electrons. The van der Waals surface area contributed by atoms with Gasteiger partial charge >= 0.3 is 5.97 Å². The lowest BCUT2D eigenvalue weighted by Gasteiger charge is -2.11. The summed E-state index contributed by atoms with van der Waals surface area (Å²) in [6.45, 7) is 0. The van der Waals surface area contributed by atoms with Gasteiger partial charge in [-0.3, -0.25) is 0 Å². The van der Waals surface area contributed by atoms with Crippen molar-refractivity contribution in [1.82, 2.24) is 4.31 Å². The predicted octanol–water partition coefficient (Wildman–Crippen LogP) is 2.92. The van der Waals surface area contributed by atoms with E-state index in [2.05, 4.69) is 15.9 Å². The Labute approximate surface area is 137 Å². The summed E-state index contributed by atoms with van der Waals surface area (Å²) in [6, 6.07) is 12.6. The summed E-state index contributed by atoms with van der Waals surface area (Å²) in [5.74, 6) is -0.154. The molecule has 0 bridgehead atoms. The van der Waals surface area contributed by atoms with Crippen molar-refractivity contribution in [3.63, 3.8) is 0 Å². The first-order chi connectivity index (χ1) is 10.3. The zero-order chi connectivity index (χ0) is 16.3. The van der Waals surface area contributed by atoms with Crippen LogP contribution in [0.3, 0.4) is 0 Å². The number of para-hydroxylation sites is 1. The van der Waals surface area contributed by atoms with Gasteiger partial charge in [-0.15, -0.1) is 0 Å². The van der Waals surface area contributed by atoms with E-state index in [9.17, 15) is 13.2 Å². The Balaban J connectivity index is 2.21. The summed E-state index contributed by atoms with van der Waals surface area (Å²) >= 11 is 3.29. The van der Waals surface area contributed by atoms with E-state index < -0.39 is 16.0 Å². The highest BCUT2D eigenvalue weighted by Crippen LogP contribution is 2.25. The molecule has 116 valence electrons. The molecule has 0 unspecified atom stereocenters. The Morgan fingerprint density at radius 2 is 1.64 bits per heavy atom. The molecule has 0 heterocycles. The minimum absolute atomic E-state index is 0.120. The van der Waals surface area contributed by atoms with Crippen LogP contribution in [0.25, 0.3) is 0 Å². The van der Waals surface area contributed by atoms with Crippen LogP contribution in [-0.2, 0) is 10.0 Å². The van der Waals surface area contributed by atoms with Crippen LogP contribution in [-0.4, -0.2) is 32.8 Å². The fraction of sp³-hybridized carbons (Fsp3) is 0.133. The zero-order valence-electron chi connectivity index (χ0n) is 12.0. The van der Waals surface area contributed by atoms with E-state index in [1.54, 1.807) is 18.2 Å². The Kier molecular flexibility index (Phi) is 5.00. The van der Waals surface area contributed by atoms with Gasteiger partial charge in [0.1, 0.15) is 5.75 Å². The number of nitrogens with zero attached hydrogens (tertiary/aromatic N) is 1. The SMILES string of the molecule is CN(C)S(=O)(=O)c1ccc(C(=O)Oc2ccccc2Br)cc1. The number of rotatable bonds is 4. The van der Waals surface area contributed by atoms with Crippen LogP contribution in [0.2, 0.25) is 0 Å². The summed E-state index contributed by atoms with van der Waals surface area (Å²) < 4.78 is 30.9. The van der Waals surface area contributed by atoms with Gasteiger partial charge in [0, 0.05) is 14.1 Å². The molecule has 2 aromatic carbocycles. The molecule has 7 heteroatoms. The number of carbonyl (C=O) groups is 1. The standard InChI is InChI=1S/C15H14BrNO4S/c1-17(2)22(19,20)12-9-7-11(8-10-12)15(18)21-14-6-4-3-5-13(14)16/h3-10H,1-2H3. The lowest BCUT2D eigenvalue weighted by atomic mass is 10.2. The molecule has 0 aromatic heterocycles. The number of carbonyl (C=O) groups excluding carboxylic acids is 1. The summed E-state index contributed by atoms with van der Waals surface area (Å²) in [5.41, 5.74) is 0.272. The summed E-state index contributed by atoms with van der Waals surface area (Å²) in [4.78, 5) is 12.2. The van der Waals surface area contributed by atoms with Crippen LogP contribution in [0.4, 0.5) is 0 Å². The third-order valence-electron chi connectivity index (χ3n) is 2.91. The third-order valence-corrected chi connectivity index (χ3v) is 5.39. The van der Waals surface area contributed by atoms with Crippen LogP contribution >= 0.6 is 15.9 Å². The Morgan fingerprint density at radius 1 is 1.05 bits per heavy atom. The van der Waals surface area contributed by atoms with Crippen molar-refractivity contribution in [2.75, 3.05) is 14.1 Å². The maximum atomic E-state index is 12.1. The van der Waals surface area contributed by atoms with E-state index in [1.165, 1.54) is 38.4 Å². The second-order valence-electron chi connectivity index (χ2n) is 4.63. The average Bonchev–Trinajstić information content (AvgIpc) is 2.49. The van der Waals surface area contributed by atoms with E-state index in [0.717, 1.165) is 4.31 Å². The topological polar surface area (TPSA) is 63.7 Å². The molecule has 0 aliphatic rings. The lowest BCUT2D eigenvalue weighted by molar-refractivity contribution is 0.0733. The van der Waals surface area contributed by atoms with Gasteiger partial charge in [0.25, 0.3) is 0 Å². The summed E-state index contributed by atoms with van der Waals surface area (Å²) in [7, 11) is -0.614. The van der Waals surface area contributed by atoms with Gasteiger partial charge in [-0.1, -0.05) is 12.1 Å². The number of sulfonamides is 1. The molecule has 0 fully saturated rings. The maximum Gasteiger partial charge on any atom is 0.343 e. The van der Waals surface area contributed by atoms with E-state index in [0.29, 0.717) is 10.2 Å². The molecule has 2 rings (SSSR count). The highest BCUT2D eigenvalue weighted by Gasteiger charge is 2.18. The van der Waals surface area contributed by atoms with Crippen LogP contribution in [0.15, 0.2) is 57.9 Å². The Morgan fingerprint density at radius 3 is 2.18 bits per heavy atom. The summed E-state index contributed by atoms with van der Waals surface area (Å²) in [6.07, 6.45) is 0. The highest BCUT2D eigenvalue weighted by molar-refractivity contribution is 9.10. The van der Waals surface area contributed by atoms with Gasteiger partial charge in [-0.25, -0.2) is 17.5 Å². The number of hydrogen-bond acceptors (Lipinski definition) is 4. The zero-order valence-corrected chi connectivity index (χ0v) is 14.4. The van der Waals surface area contributed by atoms with Crippen molar-refractivity contribution in [2.24, 2.45) is 0 Å². The number of hydrogen-bond donors (Lipinski definition) is 0. The van der Waals surface area contributed by atoms with Gasteiger partial charge in [0.2, 0.25) is 10.0 Å². The van der Waals surface area contributed by atoms with E-state index in [-0.39, 0.29) is 10.5 Å². The molecule has 0 spiro atoms. The first kappa shape index (κ1) is 16.7. The molecule has 5 nitrogen and oxygen atoms in total. The third kappa shape index (κ3) is 3.55. The van der Waals surface area contributed by atoms with Gasteiger partial charge < -0.3 is 4.74 Å². The van der Waals surface area contributed by atoms with Crippen molar-refractivity contribution < 1.29 is 17.9 Å². The van der Waals surface area contributed by atoms with Gasteiger partial charge in [-0.05, 0) is 52.3 Å². The quantitative estimate of drug-likeness (QED) is 0.601. The van der Waals surface area contributed by atoms with Crippen molar-refractivity contribution in [2.45, 2.75) is 4.90 Å². The smallest absolute Gasteiger partial charge is 0.343 e. The van der Waals surface area contributed by atoms with Gasteiger partial charge in [0.05, 0.1) is 14.9 Å². The van der Waals surface area contributed by atoms with Crippen molar-refractivity contribution in [1.29, 1.82) is 0 Å². The second-order valence-corrected chi connectivity index (χ2v) is 7.64. The summed E-state index contributed by atoms with van der Waals surface area (Å²) in [5, 5.41) is 0. The van der Waals surface area contributed by atoms with E-state index >= 15 is 0 Å². The second kappa shape index (κ2) is 6.60. The minimum Gasteiger partial charge on any atom is -0.422 e. The first-order valence-corrected chi connectivity index (χ1v) is 8.55. The average molecular weight is 384 g/mol. The van der Waals surface area contributed by atoms with Crippen molar-refractivity contribution in [3.05, 3.63) is 58.6 Å². The molecule has 0 amide bonds. The van der Waals surface area contributed by atoms with Crippen LogP contribution < -0.4 is 4.74 Å². The monoisotopic (exact) mass is 383 g/mol. The molecule has 0 N–H and O–H groups in total. The van der Waals surface area contributed by atoms with Crippen LogP contribution in [0.1, 0.15) is 10.4 Å². The largest absolute Gasteiger partial charge is 0.422 e. The molecule has 0 saturated carbocycles. The van der Waals surface area contributed by atoms with Crippen LogP contribution in [0, 0.1) is 0 Å². The number of esters is 1. The first-order valence-electron chi connectivity index (χ1n) is 6.31. The lowest BCUT2D eigenvalue weighted by Crippen LogP contribution is -2.22. The van der Waals surface area contributed by atoms with Gasteiger partial charge in [0.15, 0.2) is 0 Å². The molecule has 0 aliphatic heterocycles. The van der Waals surface area contributed by atoms with Crippen LogP contribution in [0.5, 0.6) is 5.75 Å². The van der Waals surface area contributed by atoms with E-state index in [1.807, 2.05) is 6.07 Å². The molecular formula is C15H14BrNO4S. The van der Waals surface area contributed by atoms with Crippen molar-refractivity contribution >= 4 is 31.9 Å². The molecule has 2 aromatic rings. The predicted molar refractivity (Wildman–Crippen MR) is 86.4 cm³/mol. The minimum atomic E-state index is -3.51. The van der Waals surface area contributed by atoms with Crippen molar-refractivity contribution in [3.8, 4) is 5.75 Å². The highest BCUT2D eigenvalue weighted by atomic mass is 79.9. The Bertz CT molecular complexity index is 785. The fourth-order valence-electron chi connectivity index (χ4n) is 1.66. The van der Waals surface area contributed by atoms with E-state index in [4.69, 9.17) is 4.74 Å². The normalized spacial score (nSPS) is 11.5.